The van der Waals surface area contributed by atoms with Crippen LogP contribution in [-0.2, 0) is 5.41 Å². The summed E-state index contributed by atoms with van der Waals surface area (Å²) in [4.78, 5) is 2.68. The summed E-state index contributed by atoms with van der Waals surface area (Å²) in [6, 6.07) is 17.6. The predicted molar refractivity (Wildman–Crippen MR) is 115 cm³/mol. The summed E-state index contributed by atoms with van der Waals surface area (Å²) in [5, 5.41) is 0. The highest BCUT2D eigenvalue weighted by atomic mass is 15.1. The predicted octanol–water partition coefficient (Wildman–Crippen LogP) is 5.57. The molecule has 2 N–H and O–H groups in total. The van der Waals surface area contributed by atoms with E-state index in [1.165, 1.54) is 56.4 Å². The van der Waals surface area contributed by atoms with Crippen LogP contribution in [-0.4, -0.2) is 24.5 Å². The van der Waals surface area contributed by atoms with Crippen molar-refractivity contribution in [1.82, 2.24) is 4.90 Å². The van der Waals surface area contributed by atoms with E-state index in [4.69, 9.17) is 5.73 Å². The van der Waals surface area contributed by atoms with Gasteiger partial charge in [-0.1, -0.05) is 63.2 Å². The first-order chi connectivity index (χ1) is 12.9. The summed E-state index contributed by atoms with van der Waals surface area (Å²) in [5.74, 6) is 0.445. The minimum Gasteiger partial charge on any atom is -0.398 e. The Morgan fingerprint density at radius 3 is 2.22 bits per heavy atom. The Labute approximate surface area is 164 Å². The van der Waals surface area contributed by atoms with E-state index in [1.54, 1.807) is 5.56 Å². The van der Waals surface area contributed by atoms with Gasteiger partial charge in [-0.25, -0.2) is 0 Å². The molecule has 1 aliphatic carbocycles. The van der Waals surface area contributed by atoms with E-state index in [0.717, 1.165) is 5.69 Å². The fraction of sp³-hybridized carbons (Fsp3) is 0.520. The second-order valence-electron chi connectivity index (χ2n) is 9.92. The molecule has 2 nitrogen and oxygen atoms in total. The highest BCUT2D eigenvalue weighted by molar-refractivity contribution is 5.54. The maximum Gasteiger partial charge on any atom is 0.0352 e. The van der Waals surface area contributed by atoms with Crippen LogP contribution < -0.4 is 5.73 Å². The Morgan fingerprint density at radius 1 is 0.926 bits per heavy atom. The van der Waals surface area contributed by atoms with Crippen molar-refractivity contribution in [1.29, 1.82) is 0 Å². The zero-order valence-electron chi connectivity index (χ0n) is 17.2. The summed E-state index contributed by atoms with van der Waals surface area (Å²) in [5.41, 5.74) is 12.5. The van der Waals surface area contributed by atoms with E-state index in [2.05, 4.69) is 62.1 Å². The van der Waals surface area contributed by atoms with Crippen molar-refractivity contribution >= 4 is 5.69 Å². The number of rotatable bonds is 2. The highest BCUT2D eigenvalue weighted by Gasteiger charge is 2.42. The first-order valence-electron chi connectivity index (χ1n) is 10.5. The van der Waals surface area contributed by atoms with E-state index >= 15 is 0 Å². The number of fused-ring (bicyclic) bond motifs is 2. The van der Waals surface area contributed by atoms with Crippen LogP contribution in [0.3, 0.4) is 0 Å². The van der Waals surface area contributed by atoms with Crippen LogP contribution >= 0.6 is 0 Å². The third-order valence-electron chi connectivity index (χ3n) is 6.70. The van der Waals surface area contributed by atoms with Crippen LogP contribution in [0, 0.1) is 5.41 Å². The molecule has 0 aromatic heterocycles. The van der Waals surface area contributed by atoms with Gasteiger partial charge in [0.1, 0.15) is 0 Å². The first-order valence-corrected chi connectivity index (χ1v) is 10.5. The van der Waals surface area contributed by atoms with Crippen LogP contribution in [0.5, 0.6) is 0 Å². The van der Waals surface area contributed by atoms with Gasteiger partial charge in [0.2, 0.25) is 0 Å². The van der Waals surface area contributed by atoms with E-state index in [-0.39, 0.29) is 0 Å². The second-order valence-corrected chi connectivity index (χ2v) is 9.92. The molecule has 0 saturated carbocycles. The molecule has 0 radical (unpaired) electrons. The number of para-hydroxylation sites is 1. The van der Waals surface area contributed by atoms with Gasteiger partial charge in [0.15, 0.2) is 0 Å². The van der Waals surface area contributed by atoms with Crippen LogP contribution in [0.2, 0.25) is 0 Å². The van der Waals surface area contributed by atoms with Gasteiger partial charge in [0.25, 0.3) is 0 Å². The van der Waals surface area contributed by atoms with Gasteiger partial charge in [-0.2, -0.15) is 0 Å². The Hall–Kier alpha value is -1.80. The van der Waals surface area contributed by atoms with E-state index in [9.17, 15) is 0 Å². The molecule has 0 amide bonds. The lowest BCUT2D eigenvalue weighted by atomic mass is 9.61. The third-order valence-corrected chi connectivity index (χ3v) is 6.70. The van der Waals surface area contributed by atoms with Gasteiger partial charge in [0.05, 0.1) is 0 Å². The molecule has 2 heteroatoms. The summed E-state index contributed by atoms with van der Waals surface area (Å²) in [6.45, 7) is 10.7. The summed E-state index contributed by atoms with van der Waals surface area (Å²) in [6.07, 6.45) is 5.07. The summed E-state index contributed by atoms with van der Waals surface area (Å²) in [7, 11) is 0. The summed E-state index contributed by atoms with van der Waals surface area (Å²) >= 11 is 0. The topological polar surface area (TPSA) is 29.3 Å². The summed E-state index contributed by atoms with van der Waals surface area (Å²) < 4.78 is 0. The molecule has 0 bridgehead atoms. The first kappa shape index (κ1) is 18.6. The molecule has 1 saturated heterocycles. The monoisotopic (exact) mass is 362 g/mol. The van der Waals surface area contributed by atoms with E-state index in [0.29, 0.717) is 16.7 Å². The van der Waals surface area contributed by atoms with Crippen molar-refractivity contribution in [3.63, 3.8) is 0 Å². The lowest BCUT2D eigenvalue weighted by Crippen LogP contribution is -2.46. The Bertz CT molecular complexity index is 794. The van der Waals surface area contributed by atoms with Gasteiger partial charge < -0.3 is 10.6 Å². The number of piperidine rings is 1. The van der Waals surface area contributed by atoms with Crippen LogP contribution in [0.25, 0.3) is 0 Å². The molecule has 1 aliphatic heterocycles. The molecule has 1 heterocycles. The SMILES string of the molecule is CC(C)(C)CN1CCC2(CCC(c3ccccc3N)c3ccccc32)CC1. The maximum atomic E-state index is 6.35. The van der Waals surface area contributed by atoms with Gasteiger partial charge in [0, 0.05) is 18.2 Å². The molecule has 1 atom stereocenters. The van der Waals surface area contributed by atoms with Crippen molar-refractivity contribution in [2.75, 3.05) is 25.4 Å². The highest BCUT2D eigenvalue weighted by Crippen LogP contribution is 2.51. The van der Waals surface area contributed by atoms with Crippen LogP contribution in [0.4, 0.5) is 5.69 Å². The number of nitrogens with zero attached hydrogens (tertiary/aromatic N) is 1. The smallest absolute Gasteiger partial charge is 0.0352 e. The fourth-order valence-electron chi connectivity index (χ4n) is 5.48. The molecule has 2 aromatic rings. The minimum absolute atomic E-state index is 0.366. The fourth-order valence-corrected chi connectivity index (χ4v) is 5.48. The standard InChI is InChI=1S/C25H34N2/c1-24(2,3)18-27-16-14-25(15-17-27)13-12-19(20-8-4-6-10-22(20)25)21-9-5-7-11-23(21)26/h4-11,19H,12-18,26H2,1-3H3. The maximum absolute atomic E-state index is 6.35. The number of anilines is 1. The number of hydrogen-bond acceptors (Lipinski definition) is 2. The van der Waals surface area contributed by atoms with Gasteiger partial charge in [-0.05, 0) is 72.4 Å². The van der Waals surface area contributed by atoms with Gasteiger partial charge >= 0.3 is 0 Å². The molecule has 4 rings (SSSR count). The molecule has 2 aliphatic rings. The Kier molecular flexibility index (Phi) is 4.80. The molecule has 1 fully saturated rings. The second kappa shape index (κ2) is 6.98. The van der Waals surface area contributed by atoms with Crippen molar-refractivity contribution in [2.24, 2.45) is 5.41 Å². The van der Waals surface area contributed by atoms with Crippen molar-refractivity contribution < 1.29 is 0 Å². The van der Waals surface area contributed by atoms with Crippen molar-refractivity contribution in [3.05, 3.63) is 65.2 Å². The van der Waals surface area contributed by atoms with E-state index < -0.39 is 0 Å². The number of likely N-dealkylation sites (tertiary alicyclic amines) is 1. The molecular formula is C25H34N2. The normalized spacial score (nSPS) is 22.6. The zero-order chi connectivity index (χ0) is 19.1. The Morgan fingerprint density at radius 2 is 1.56 bits per heavy atom. The molecule has 27 heavy (non-hydrogen) atoms. The largest absolute Gasteiger partial charge is 0.398 e. The lowest BCUT2D eigenvalue weighted by molar-refractivity contribution is 0.109. The minimum atomic E-state index is 0.366. The third kappa shape index (κ3) is 3.65. The number of benzene rings is 2. The van der Waals surface area contributed by atoms with Gasteiger partial charge in [-0.3, -0.25) is 0 Å². The lowest BCUT2D eigenvalue weighted by Gasteiger charge is -2.48. The number of nitrogen functional groups attached to an aromatic ring is 1. The zero-order valence-corrected chi connectivity index (χ0v) is 17.2. The van der Waals surface area contributed by atoms with Crippen molar-refractivity contribution in [3.8, 4) is 0 Å². The van der Waals surface area contributed by atoms with Gasteiger partial charge in [-0.15, -0.1) is 0 Å². The number of nitrogens with two attached hydrogens (primary N) is 1. The Balaban J connectivity index is 1.62. The molecule has 1 spiro atoms. The van der Waals surface area contributed by atoms with Crippen molar-refractivity contribution in [2.45, 2.75) is 57.8 Å². The molecule has 1 unspecified atom stereocenters. The molecule has 2 aromatic carbocycles. The molecule has 144 valence electrons. The van der Waals surface area contributed by atoms with Crippen LogP contribution in [0.1, 0.15) is 69.1 Å². The average Bonchev–Trinajstić information content (AvgIpc) is 2.64. The quantitative estimate of drug-likeness (QED) is 0.707. The average molecular weight is 363 g/mol. The van der Waals surface area contributed by atoms with E-state index in [1.807, 2.05) is 12.1 Å². The van der Waals surface area contributed by atoms with Crippen LogP contribution in [0.15, 0.2) is 48.5 Å². The number of hydrogen-bond donors (Lipinski definition) is 1. The molecular weight excluding hydrogens is 328 g/mol.